The summed E-state index contributed by atoms with van der Waals surface area (Å²) >= 11 is 3.27. The topological polar surface area (TPSA) is 136 Å². The molecule has 2 aliphatic carbocycles. The predicted octanol–water partition coefficient (Wildman–Crippen LogP) is 24.1. The Hall–Kier alpha value is -13.7. The van der Waals surface area contributed by atoms with Crippen LogP contribution in [0.1, 0.15) is 83.3 Å². The maximum absolute atomic E-state index is 9.52. The molecule has 5 heterocycles. The monoisotopic (exact) mass is 1530 g/mol. The first-order chi connectivity index (χ1) is 55.8. The van der Waals surface area contributed by atoms with Crippen molar-refractivity contribution in [1.29, 1.82) is 10.5 Å². The van der Waals surface area contributed by atoms with Crippen LogP contribution in [0.25, 0.3) is 101 Å². The fourth-order valence-corrected chi connectivity index (χ4v) is 17.4. The zero-order chi connectivity index (χ0) is 77.3. The van der Waals surface area contributed by atoms with Crippen molar-refractivity contribution in [2.45, 2.75) is 49.7 Å². The Bertz CT molecular complexity index is 6420. The average Bonchev–Trinajstić information content (AvgIpc) is 1.50. The van der Waals surface area contributed by atoms with Gasteiger partial charge in [-0.2, -0.15) is 10.5 Å². The van der Waals surface area contributed by atoms with Crippen molar-refractivity contribution in [2.24, 2.45) is 0 Å². The van der Waals surface area contributed by atoms with Crippen molar-refractivity contribution in [3.8, 4) is 136 Å². The van der Waals surface area contributed by atoms with Crippen LogP contribution in [0.15, 0.2) is 356 Å². The van der Waals surface area contributed by atoms with E-state index in [9.17, 15) is 5.26 Å². The summed E-state index contributed by atoms with van der Waals surface area (Å²) in [5, 5.41) is 17.9. The Morgan fingerprint density at radius 3 is 1.10 bits per heavy atom. The number of rotatable bonds is 8. The number of hydrogen-bond acceptors (Lipinski definition) is 10. The zero-order valence-corrected chi connectivity index (χ0v) is 64.3. The van der Waals surface area contributed by atoms with Crippen molar-refractivity contribution in [2.75, 3.05) is 0 Å². The van der Waals surface area contributed by atoms with E-state index in [1.807, 2.05) is 121 Å². The summed E-state index contributed by atoms with van der Waals surface area (Å²) in [6.45, 7) is 8.44. The van der Waals surface area contributed by atoms with Crippen molar-refractivity contribution >= 4 is 28.5 Å². The second kappa shape index (κ2) is 28.5. The van der Waals surface area contributed by atoms with Crippen LogP contribution < -0.4 is 14.9 Å². The molecule has 16 aromatic rings. The third kappa shape index (κ3) is 11.8. The fraction of sp³-hybridized carbons (Fsp3) is 0.0784. The van der Waals surface area contributed by atoms with E-state index >= 15 is 0 Å². The molecule has 10 nitrogen and oxygen atoms in total. The largest absolute Gasteiger partial charge is 0.495 e. The smallest absolute Gasteiger partial charge is 0.456 e. The van der Waals surface area contributed by atoms with Crippen molar-refractivity contribution in [3.05, 3.63) is 412 Å². The lowest BCUT2D eigenvalue weighted by Crippen LogP contribution is -2.41. The molecule has 0 bridgehead atoms. The van der Waals surface area contributed by atoms with E-state index in [1.54, 1.807) is 12.1 Å². The molecule has 2 aromatic heterocycles. The van der Waals surface area contributed by atoms with Crippen LogP contribution in [0.5, 0.6) is 23.0 Å². The minimum absolute atomic E-state index is 0.474. The summed E-state index contributed by atoms with van der Waals surface area (Å²) in [7, 11) is -0.520. The van der Waals surface area contributed by atoms with Gasteiger partial charge < -0.3 is 18.8 Å². The summed E-state index contributed by atoms with van der Waals surface area (Å²) in [5.41, 5.74) is 25.1. The molecule has 5 aliphatic rings. The summed E-state index contributed by atoms with van der Waals surface area (Å²) in [4.78, 5) is 20.6. The van der Waals surface area contributed by atoms with E-state index in [4.69, 9.17) is 44.0 Å². The number of hydrogen-bond donors (Lipinski definition) is 0. The average molecular weight is 1530 g/mol. The molecule has 2 unspecified atom stereocenters. The van der Waals surface area contributed by atoms with E-state index in [1.165, 1.54) is 38.9 Å². The summed E-state index contributed by atoms with van der Waals surface area (Å²) < 4.78 is 28.5. The van der Waals surface area contributed by atoms with Gasteiger partial charge in [-0.1, -0.05) is 295 Å². The molecule has 542 valence electrons. The Balaban J connectivity index is 0.000000138. The van der Waals surface area contributed by atoms with E-state index in [0.717, 1.165) is 128 Å². The molecule has 0 saturated carbocycles. The molecule has 0 N–H and O–H groups in total. The number of aromatic nitrogens is 4. The first kappa shape index (κ1) is 70.7. The number of ether oxygens (including phenoxy) is 2. The first-order valence-electron chi connectivity index (χ1n) is 38.1. The van der Waals surface area contributed by atoms with Crippen LogP contribution in [0.4, 0.5) is 0 Å². The SMILES string of the molecule is CC1(C)OB(c2cccc3c2-c2ccccc2C32c3ccccc3Oc3c(-c4cc(-c5ccccc5)nc(-c5ccccc5)n4)cccc32)OC1(C)C.N#Cc1ccc(-c2cccc3c2-c2ccccc2C32c3ccccc3Oc3c(-c4cc(-c5ccccc5)nc(-c5ccccc5)n4)cccc32)cc1.N#Cc1ccc(Br)cc1. The Morgan fingerprint density at radius 1 is 0.298 bits per heavy atom. The standard InChI is InChI=1S/C48H29N3O.C47H37BN2O3.C7H4BrN/c49-30-31-25-27-32(28-26-31)35-18-11-22-40-45(35)36-17-7-8-20-38(36)48(40)39-21-9-10-24-44(39)52-46-37(19-12-23-41(46)48)43-29-42(33-13-3-1-4-14-33)50-47(51-43)34-15-5-2-6-16-34;1-45(2)46(3,4)53-48(52-45)38-27-16-25-36-42(38)32-21-11-12-23-34(32)47(36)35-24-13-14-28-41(35)51-43-33(22-15-26-37(43)47)40-29-39(30-17-7-5-8-18-30)49-44(50-40)31-19-9-6-10-20-31;8-7-3-1-6(5-9)2-4-7/h1-29H;5-29H,1-4H3;1-4H. The van der Waals surface area contributed by atoms with E-state index in [0.29, 0.717) is 22.8 Å². The predicted molar refractivity (Wildman–Crippen MR) is 456 cm³/mol. The molecule has 2 spiro atoms. The lowest BCUT2D eigenvalue weighted by molar-refractivity contribution is 0.00578. The third-order valence-electron chi connectivity index (χ3n) is 23.0. The number of nitriles is 2. The van der Waals surface area contributed by atoms with Gasteiger partial charge in [0, 0.05) is 60.1 Å². The fourth-order valence-electron chi connectivity index (χ4n) is 17.1. The van der Waals surface area contributed by atoms with E-state index in [-0.39, 0.29) is 0 Å². The molecule has 12 heteroatoms. The molecule has 0 radical (unpaired) electrons. The number of para-hydroxylation sites is 4. The van der Waals surface area contributed by atoms with Crippen molar-refractivity contribution < 1.29 is 18.8 Å². The van der Waals surface area contributed by atoms with Crippen molar-refractivity contribution in [1.82, 2.24) is 19.9 Å². The first-order valence-corrected chi connectivity index (χ1v) is 38.9. The quantitative estimate of drug-likeness (QED) is 0.135. The maximum atomic E-state index is 9.52. The minimum atomic E-state index is -0.677. The molecular weight excluding hydrogens is 1460 g/mol. The van der Waals surface area contributed by atoms with E-state index in [2.05, 4.69) is 274 Å². The number of nitrogens with zero attached hydrogens (tertiary/aromatic N) is 6. The highest BCUT2D eigenvalue weighted by Crippen LogP contribution is 2.66. The highest BCUT2D eigenvalue weighted by Gasteiger charge is 2.57. The Morgan fingerprint density at radius 2 is 0.640 bits per heavy atom. The summed E-state index contributed by atoms with van der Waals surface area (Å²) in [5.74, 6) is 4.51. The molecule has 1 fully saturated rings. The van der Waals surface area contributed by atoms with Crippen LogP contribution >= 0.6 is 15.9 Å². The van der Waals surface area contributed by atoms with Gasteiger partial charge in [0.2, 0.25) is 0 Å². The number of halogens is 1. The van der Waals surface area contributed by atoms with Gasteiger partial charge in [0.15, 0.2) is 11.6 Å². The van der Waals surface area contributed by atoms with Crippen LogP contribution in [-0.4, -0.2) is 38.3 Å². The van der Waals surface area contributed by atoms with Gasteiger partial charge in [0.05, 0.1) is 68.1 Å². The molecule has 14 aromatic carbocycles. The molecule has 1 saturated heterocycles. The maximum Gasteiger partial charge on any atom is 0.495 e. The van der Waals surface area contributed by atoms with Crippen molar-refractivity contribution in [3.63, 3.8) is 0 Å². The van der Waals surface area contributed by atoms with E-state index < -0.39 is 29.2 Å². The Labute approximate surface area is 671 Å². The highest BCUT2D eigenvalue weighted by atomic mass is 79.9. The molecule has 21 rings (SSSR count). The second-order valence-corrected chi connectivity index (χ2v) is 30.9. The lowest BCUT2D eigenvalue weighted by atomic mass is 9.65. The minimum Gasteiger partial charge on any atom is -0.456 e. The highest BCUT2D eigenvalue weighted by molar-refractivity contribution is 9.10. The van der Waals surface area contributed by atoms with Gasteiger partial charge in [-0.05, 0) is 162 Å². The molecule has 3 aliphatic heterocycles. The summed E-state index contributed by atoms with van der Waals surface area (Å²) in [6.07, 6.45) is 0. The molecule has 114 heavy (non-hydrogen) atoms. The van der Waals surface area contributed by atoms with Gasteiger partial charge >= 0.3 is 7.12 Å². The van der Waals surface area contributed by atoms with Gasteiger partial charge in [-0.15, -0.1) is 0 Å². The number of fused-ring (bicyclic) bond motifs is 18. The van der Waals surface area contributed by atoms with Gasteiger partial charge in [-0.3, -0.25) is 0 Å². The molecule has 2 atom stereocenters. The van der Waals surface area contributed by atoms with Crippen LogP contribution in [0.2, 0.25) is 0 Å². The lowest BCUT2D eigenvalue weighted by Gasteiger charge is -2.40. The summed E-state index contributed by atoms with van der Waals surface area (Å²) in [6, 6.07) is 125. The normalized spacial score (nSPS) is 16.0. The van der Waals surface area contributed by atoms with Gasteiger partial charge in [0.25, 0.3) is 0 Å². The number of benzene rings is 14. The third-order valence-corrected chi connectivity index (χ3v) is 23.6. The van der Waals surface area contributed by atoms with Crippen LogP contribution in [-0.2, 0) is 20.1 Å². The molecule has 0 amide bonds. The Kier molecular flexibility index (Phi) is 17.7. The van der Waals surface area contributed by atoms with Gasteiger partial charge in [-0.25, -0.2) is 19.9 Å². The molecular formula is C102H70BBrN6O4. The zero-order valence-electron chi connectivity index (χ0n) is 62.8. The van der Waals surface area contributed by atoms with Gasteiger partial charge in [0.1, 0.15) is 23.0 Å². The second-order valence-electron chi connectivity index (χ2n) is 29.9. The van der Waals surface area contributed by atoms with Crippen LogP contribution in [0.3, 0.4) is 0 Å². The van der Waals surface area contributed by atoms with Crippen LogP contribution in [0, 0.1) is 22.7 Å².